The highest BCUT2D eigenvalue weighted by Gasteiger charge is 2.36. The third-order valence-electron chi connectivity index (χ3n) is 4.64. The molecule has 2 fully saturated rings. The summed E-state index contributed by atoms with van der Waals surface area (Å²) in [7, 11) is 0. The van der Waals surface area contributed by atoms with E-state index in [2.05, 4.69) is 10.2 Å². The fraction of sp³-hybridized carbons (Fsp3) is 0.588. The van der Waals surface area contributed by atoms with Crippen LogP contribution in [0.1, 0.15) is 31.2 Å². The predicted molar refractivity (Wildman–Crippen MR) is 82.0 cm³/mol. The number of halogens is 1. The summed E-state index contributed by atoms with van der Waals surface area (Å²) in [5.41, 5.74) is 0.948. The summed E-state index contributed by atoms with van der Waals surface area (Å²) in [5, 5.41) is 12.5. The van der Waals surface area contributed by atoms with Crippen LogP contribution in [0.4, 0.5) is 4.39 Å². The fourth-order valence-corrected chi connectivity index (χ4v) is 3.11. The zero-order valence-electron chi connectivity index (χ0n) is 12.7. The lowest BCUT2D eigenvalue weighted by molar-refractivity contribution is -0.139. The van der Waals surface area contributed by atoms with Crippen molar-refractivity contribution in [3.63, 3.8) is 0 Å². The van der Waals surface area contributed by atoms with E-state index in [0.29, 0.717) is 24.5 Å². The summed E-state index contributed by atoms with van der Waals surface area (Å²) >= 11 is 0. The normalized spacial score (nSPS) is 24.3. The summed E-state index contributed by atoms with van der Waals surface area (Å²) < 4.78 is 13.1. The number of rotatable bonds is 8. The van der Waals surface area contributed by atoms with Crippen molar-refractivity contribution in [1.82, 2.24) is 10.2 Å². The monoisotopic (exact) mass is 306 g/mol. The highest BCUT2D eigenvalue weighted by molar-refractivity contribution is 5.69. The lowest BCUT2D eigenvalue weighted by Gasteiger charge is -2.43. The third kappa shape index (κ3) is 4.27. The Morgan fingerprint density at radius 1 is 1.36 bits per heavy atom. The van der Waals surface area contributed by atoms with Crippen LogP contribution in [-0.2, 0) is 11.3 Å². The van der Waals surface area contributed by atoms with E-state index in [1.165, 1.54) is 18.9 Å². The lowest BCUT2D eigenvalue weighted by atomic mass is 9.85. The van der Waals surface area contributed by atoms with Crippen LogP contribution < -0.4 is 5.32 Å². The predicted octanol–water partition coefficient (Wildman–Crippen LogP) is 2.24. The van der Waals surface area contributed by atoms with Crippen molar-refractivity contribution in [1.29, 1.82) is 0 Å². The molecule has 2 N–H and O–H groups in total. The van der Waals surface area contributed by atoms with Gasteiger partial charge in [-0.1, -0.05) is 12.1 Å². The molecule has 0 bridgehead atoms. The number of nitrogens with zero attached hydrogens (tertiary/aromatic N) is 1. The number of nitrogens with one attached hydrogen (secondary N) is 1. The van der Waals surface area contributed by atoms with Gasteiger partial charge in [-0.3, -0.25) is 9.69 Å². The summed E-state index contributed by atoms with van der Waals surface area (Å²) in [6, 6.07) is 7.42. The Bertz CT molecular complexity index is 527. The van der Waals surface area contributed by atoms with Gasteiger partial charge in [0.25, 0.3) is 0 Å². The molecule has 0 saturated heterocycles. The lowest BCUT2D eigenvalue weighted by Crippen LogP contribution is -2.54. The molecule has 2 saturated carbocycles. The molecule has 0 amide bonds. The minimum atomic E-state index is -0.739. The van der Waals surface area contributed by atoms with Gasteiger partial charge in [-0.15, -0.1) is 0 Å². The molecule has 2 aliphatic carbocycles. The average Bonchev–Trinajstić information content (AvgIpc) is 3.20. The quantitative estimate of drug-likeness (QED) is 0.773. The number of hydrogen-bond acceptors (Lipinski definition) is 3. The zero-order valence-corrected chi connectivity index (χ0v) is 12.7. The van der Waals surface area contributed by atoms with Crippen LogP contribution in [0, 0.1) is 11.7 Å². The molecule has 1 aromatic rings. The van der Waals surface area contributed by atoms with E-state index < -0.39 is 5.97 Å². The van der Waals surface area contributed by atoms with Crippen molar-refractivity contribution in [2.75, 3.05) is 13.1 Å². The highest BCUT2D eigenvalue weighted by Crippen LogP contribution is 2.33. The molecule has 0 unspecified atom stereocenters. The van der Waals surface area contributed by atoms with Crippen LogP contribution in [-0.4, -0.2) is 41.1 Å². The van der Waals surface area contributed by atoms with E-state index in [4.69, 9.17) is 5.11 Å². The SMILES string of the molecule is O=C(O)CN(CC1CC1)C1CC(NCc2cccc(F)c2)C1. The van der Waals surface area contributed by atoms with Crippen molar-refractivity contribution < 1.29 is 14.3 Å². The van der Waals surface area contributed by atoms with Gasteiger partial charge in [0.1, 0.15) is 5.82 Å². The first-order valence-electron chi connectivity index (χ1n) is 8.04. The molecule has 0 aromatic heterocycles. The Hall–Kier alpha value is -1.46. The van der Waals surface area contributed by atoms with E-state index in [1.807, 2.05) is 6.07 Å². The molecular weight excluding hydrogens is 283 g/mol. The maximum absolute atomic E-state index is 13.1. The number of hydrogen-bond donors (Lipinski definition) is 2. The first-order chi connectivity index (χ1) is 10.6. The second-order valence-corrected chi connectivity index (χ2v) is 6.60. The van der Waals surface area contributed by atoms with Crippen molar-refractivity contribution in [2.45, 2.75) is 44.3 Å². The molecule has 22 heavy (non-hydrogen) atoms. The molecule has 5 heteroatoms. The first kappa shape index (κ1) is 15.4. The molecule has 0 heterocycles. The Kier molecular flexibility index (Phi) is 4.74. The average molecular weight is 306 g/mol. The molecule has 0 atom stereocenters. The van der Waals surface area contributed by atoms with Gasteiger partial charge in [-0.25, -0.2) is 4.39 Å². The van der Waals surface area contributed by atoms with Gasteiger partial charge in [-0.05, 0) is 49.3 Å². The van der Waals surface area contributed by atoms with E-state index in [-0.39, 0.29) is 12.4 Å². The number of benzene rings is 1. The van der Waals surface area contributed by atoms with Crippen LogP contribution in [0.25, 0.3) is 0 Å². The van der Waals surface area contributed by atoms with Crippen LogP contribution in [0.2, 0.25) is 0 Å². The smallest absolute Gasteiger partial charge is 0.317 e. The summed E-state index contributed by atoms with van der Waals surface area (Å²) in [4.78, 5) is 13.1. The Morgan fingerprint density at radius 2 is 2.14 bits per heavy atom. The Balaban J connectivity index is 1.42. The Morgan fingerprint density at radius 3 is 2.77 bits per heavy atom. The molecule has 0 spiro atoms. The number of carboxylic acids is 1. The van der Waals surface area contributed by atoms with Crippen LogP contribution in [0.3, 0.4) is 0 Å². The number of carboxylic acid groups (broad SMARTS) is 1. The second kappa shape index (κ2) is 6.75. The molecule has 3 rings (SSSR count). The molecule has 0 aliphatic heterocycles. The van der Waals surface area contributed by atoms with E-state index in [9.17, 15) is 9.18 Å². The van der Waals surface area contributed by atoms with Gasteiger partial charge in [0.05, 0.1) is 6.54 Å². The fourth-order valence-electron chi connectivity index (χ4n) is 3.11. The zero-order chi connectivity index (χ0) is 15.5. The molecule has 1 aromatic carbocycles. The molecule has 120 valence electrons. The topological polar surface area (TPSA) is 52.6 Å². The van der Waals surface area contributed by atoms with Crippen LogP contribution in [0.5, 0.6) is 0 Å². The van der Waals surface area contributed by atoms with Gasteiger partial charge >= 0.3 is 5.97 Å². The second-order valence-electron chi connectivity index (χ2n) is 6.60. The Labute approximate surface area is 130 Å². The van der Waals surface area contributed by atoms with E-state index >= 15 is 0 Å². The van der Waals surface area contributed by atoms with Gasteiger partial charge in [0.15, 0.2) is 0 Å². The third-order valence-corrected chi connectivity index (χ3v) is 4.64. The molecule has 2 aliphatic rings. The van der Waals surface area contributed by atoms with Crippen molar-refractivity contribution in [2.24, 2.45) is 5.92 Å². The standard InChI is InChI=1S/C17H23FN2O2/c18-14-3-1-2-13(6-14)9-19-15-7-16(8-15)20(11-17(21)22)10-12-4-5-12/h1-3,6,12,15-16,19H,4-5,7-11H2,(H,21,22). The first-order valence-corrected chi connectivity index (χ1v) is 8.04. The van der Waals surface area contributed by atoms with Crippen LogP contribution in [0.15, 0.2) is 24.3 Å². The minimum Gasteiger partial charge on any atom is -0.480 e. The van der Waals surface area contributed by atoms with Gasteiger partial charge in [-0.2, -0.15) is 0 Å². The maximum atomic E-state index is 13.1. The minimum absolute atomic E-state index is 0.151. The molecule has 4 nitrogen and oxygen atoms in total. The van der Waals surface area contributed by atoms with Crippen molar-refractivity contribution in [3.05, 3.63) is 35.6 Å². The molecule has 0 radical (unpaired) electrons. The van der Waals surface area contributed by atoms with E-state index in [1.54, 1.807) is 12.1 Å². The highest BCUT2D eigenvalue weighted by atomic mass is 19.1. The maximum Gasteiger partial charge on any atom is 0.317 e. The summed E-state index contributed by atoms with van der Waals surface area (Å²) in [6.45, 7) is 1.74. The summed E-state index contributed by atoms with van der Waals surface area (Å²) in [5.74, 6) is -0.238. The number of aliphatic carboxylic acids is 1. The van der Waals surface area contributed by atoms with Gasteiger partial charge in [0, 0.05) is 25.2 Å². The largest absolute Gasteiger partial charge is 0.480 e. The van der Waals surface area contributed by atoms with Gasteiger partial charge in [0.2, 0.25) is 0 Å². The van der Waals surface area contributed by atoms with Crippen molar-refractivity contribution in [3.8, 4) is 0 Å². The van der Waals surface area contributed by atoms with Crippen LogP contribution >= 0.6 is 0 Å². The van der Waals surface area contributed by atoms with E-state index in [0.717, 1.165) is 24.9 Å². The van der Waals surface area contributed by atoms with Crippen molar-refractivity contribution >= 4 is 5.97 Å². The van der Waals surface area contributed by atoms with Gasteiger partial charge < -0.3 is 10.4 Å². The number of carbonyl (C=O) groups is 1. The summed E-state index contributed by atoms with van der Waals surface area (Å²) in [6.07, 6.45) is 4.44. The molecular formula is C17H23FN2O2.